The molecule has 0 aromatic heterocycles. The third-order valence-electron chi connectivity index (χ3n) is 3.06. The largest absolute Gasteiger partial charge is 0.493 e. The molecular weight excluding hydrogens is 287 g/mol. The van der Waals surface area contributed by atoms with Crippen LogP contribution in [0.15, 0.2) is 22.7 Å². The van der Waals surface area contributed by atoms with E-state index in [0.29, 0.717) is 29.0 Å². The molecule has 2 rings (SSSR count). The van der Waals surface area contributed by atoms with E-state index in [-0.39, 0.29) is 11.7 Å². The zero-order chi connectivity index (χ0) is 12.3. The Morgan fingerprint density at radius 3 is 2.94 bits per heavy atom. The van der Waals surface area contributed by atoms with E-state index in [1.54, 1.807) is 12.1 Å². The monoisotopic (exact) mass is 300 g/mol. The van der Waals surface area contributed by atoms with E-state index in [4.69, 9.17) is 4.74 Å². The first-order valence-electron chi connectivity index (χ1n) is 5.77. The lowest BCUT2D eigenvalue weighted by atomic mass is 10.0. The lowest BCUT2D eigenvalue weighted by Gasteiger charge is -2.10. The number of hydrogen-bond donors (Lipinski definition) is 0. The molecule has 1 saturated carbocycles. The first-order chi connectivity index (χ1) is 8.16. The molecule has 0 bridgehead atoms. The van der Waals surface area contributed by atoms with E-state index in [0.717, 1.165) is 19.3 Å². The second-order valence-electron chi connectivity index (χ2n) is 4.27. The van der Waals surface area contributed by atoms with Crippen molar-refractivity contribution in [2.75, 3.05) is 6.61 Å². The molecule has 4 heteroatoms. The zero-order valence-corrected chi connectivity index (χ0v) is 11.0. The number of carbonyl (C=O) groups is 1. The van der Waals surface area contributed by atoms with Crippen molar-refractivity contribution in [3.63, 3.8) is 0 Å². The van der Waals surface area contributed by atoms with Gasteiger partial charge in [-0.1, -0.05) is 0 Å². The number of ketones is 1. The smallest absolute Gasteiger partial charge is 0.141 e. The average Bonchev–Trinajstić information content (AvgIpc) is 2.70. The van der Waals surface area contributed by atoms with Crippen LogP contribution in [0.3, 0.4) is 0 Å². The fourth-order valence-electron chi connectivity index (χ4n) is 2.08. The molecule has 1 aliphatic rings. The van der Waals surface area contributed by atoms with Gasteiger partial charge in [0.2, 0.25) is 0 Å². The van der Waals surface area contributed by atoms with Gasteiger partial charge in [-0.2, -0.15) is 0 Å². The summed E-state index contributed by atoms with van der Waals surface area (Å²) in [5.74, 6) is 0.668. The van der Waals surface area contributed by atoms with Gasteiger partial charge in [-0.15, -0.1) is 0 Å². The van der Waals surface area contributed by atoms with E-state index >= 15 is 0 Å². The molecule has 1 aromatic carbocycles. The molecule has 2 nitrogen and oxygen atoms in total. The molecule has 1 unspecified atom stereocenters. The maximum atomic E-state index is 13.2. The van der Waals surface area contributed by atoms with Crippen molar-refractivity contribution in [2.45, 2.75) is 25.7 Å². The third kappa shape index (κ3) is 3.28. The minimum absolute atomic E-state index is 0.148. The molecule has 0 saturated heterocycles. The van der Waals surface area contributed by atoms with Crippen molar-refractivity contribution in [2.24, 2.45) is 5.92 Å². The molecule has 0 radical (unpaired) electrons. The first kappa shape index (κ1) is 12.6. The van der Waals surface area contributed by atoms with Gasteiger partial charge in [-0.25, -0.2) is 4.39 Å². The summed E-state index contributed by atoms with van der Waals surface area (Å²) in [6, 6.07) is 4.68. The SMILES string of the molecule is O=C1CCCC1CCOc1ccc(Br)c(F)c1. The minimum atomic E-state index is -0.334. The highest BCUT2D eigenvalue weighted by Crippen LogP contribution is 2.25. The molecule has 1 aliphatic carbocycles. The lowest BCUT2D eigenvalue weighted by Crippen LogP contribution is -2.11. The Balaban J connectivity index is 1.81. The van der Waals surface area contributed by atoms with Crippen LogP contribution in [0, 0.1) is 11.7 Å². The molecule has 92 valence electrons. The summed E-state index contributed by atoms with van der Waals surface area (Å²) in [5.41, 5.74) is 0. The molecule has 0 heterocycles. The Bertz CT molecular complexity index is 420. The molecular formula is C13H14BrFO2. The van der Waals surface area contributed by atoms with Crippen molar-refractivity contribution in [1.29, 1.82) is 0 Å². The molecule has 0 amide bonds. The normalized spacial score (nSPS) is 19.6. The second kappa shape index (κ2) is 5.63. The van der Waals surface area contributed by atoms with Gasteiger partial charge >= 0.3 is 0 Å². The van der Waals surface area contributed by atoms with E-state index in [9.17, 15) is 9.18 Å². The van der Waals surface area contributed by atoms with E-state index in [1.165, 1.54) is 6.07 Å². The van der Waals surface area contributed by atoms with Crippen molar-refractivity contribution in [1.82, 2.24) is 0 Å². The van der Waals surface area contributed by atoms with Crippen molar-refractivity contribution in [3.8, 4) is 5.75 Å². The van der Waals surface area contributed by atoms with E-state index in [1.807, 2.05) is 0 Å². The van der Waals surface area contributed by atoms with Gasteiger partial charge in [0.15, 0.2) is 0 Å². The van der Waals surface area contributed by atoms with Crippen LogP contribution in [-0.2, 0) is 4.79 Å². The second-order valence-corrected chi connectivity index (χ2v) is 5.12. The Morgan fingerprint density at radius 1 is 1.47 bits per heavy atom. The summed E-state index contributed by atoms with van der Waals surface area (Å²) in [7, 11) is 0. The summed E-state index contributed by atoms with van der Waals surface area (Å²) in [5, 5.41) is 0. The molecule has 1 aromatic rings. The summed E-state index contributed by atoms with van der Waals surface area (Å²) < 4.78 is 19.1. The third-order valence-corrected chi connectivity index (χ3v) is 3.70. The van der Waals surface area contributed by atoms with Gasteiger partial charge in [-0.05, 0) is 47.3 Å². The van der Waals surface area contributed by atoms with Crippen LogP contribution in [0.25, 0.3) is 0 Å². The van der Waals surface area contributed by atoms with Gasteiger partial charge in [0.1, 0.15) is 17.3 Å². The average molecular weight is 301 g/mol. The summed E-state index contributed by atoms with van der Waals surface area (Å²) >= 11 is 3.08. The van der Waals surface area contributed by atoms with Crippen molar-refractivity contribution >= 4 is 21.7 Å². The summed E-state index contributed by atoms with van der Waals surface area (Å²) in [4.78, 5) is 11.4. The van der Waals surface area contributed by atoms with Crippen LogP contribution in [0.2, 0.25) is 0 Å². The van der Waals surface area contributed by atoms with Gasteiger partial charge in [0.05, 0.1) is 11.1 Å². The Kier molecular flexibility index (Phi) is 4.15. The summed E-state index contributed by atoms with van der Waals surface area (Å²) in [6.45, 7) is 0.470. The van der Waals surface area contributed by atoms with Crippen LogP contribution in [-0.4, -0.2) is 12.4 Å². The van der Waals surface area contributed by atoms with Crippen LogP contribution in [0.5, 0.6) is 5.75 Å². The predicted molar refractivity (Wildman–Crippen MR) is 66.6 cm³/mol. The Labute approximate surface area is 108 Å². The molecule has 0 aliphatic heterocycles. The number of rotatable bonds is 4. The van der Waals surface area contributed by atoms with Crippen molar-refractivity contribution in [3.05, 3.63) is 28.5 Å². The first-order valence-corrected chi connectivity index (χ1v) is 6.56. The van der Waals surface area contributed by atoms with Crippen LogP contribution in [0.1, 0.15) is 25.7 Å². The standard InChI is InChI=1S/C13H14BrFO2/c14-11-5-4-10(8-12(11)15)17-7-6-9-2-1-3-13(9)16/h4-5,8-9H,1-3,6-7H2. The number of carbonyl (C=O) groups excluding carboxylic acids is 1. The van der Waals surface area contributed by atoms with Gasteiger partial charge in [-0.3, -0.25) is 4.79 Å². The van der Waals surface area contributed by atoms with Gasteiger partial charge in [0, 0.05) is 18.4 Å². The fourth-order valence-corrected chi connectivity index (χ4v) is 2.33. The molecule has 0 spiro atoms. The summed E-state index contributed by atoms with van der Waals surface area (Å²) in [6.07, 6.45) is 3.40. The molecule has 0 N–H and O–H groups in total. The maximum absolute atomic E-state index is 13.2. The van der Waals surface area contributed by atoms with Gasteiger partial charge < -0.3 is 4.74 Å². The van der Waals surface area contributed by atoms with Crippen LogP contribution in [0.4, 0.5) is 4.39 Å². The number of benzene rings is 1. The molecule has 1 fully saturated rings. The number of halogens is 2. The topological polar surface area (TPSA) is 26.3 Å². The quantitative estimate of drug-likeness (QED) is 0.847. The number of hydrogen-bond acceptors (Lipinski definition) is 2. The number of ether oxygens (including phenoxy) is 1. The highest BCUT2D eigenvalue weighted by Gasteiger charge is 2.23. The zero-order valence-electron chi connectivity index (χ0n) is 9.42. The Morgan fingerprint density at radius 2 is 2.29 bits per heavy atom. The van der Waals surface area contributed by atoms with Gasteiger partial charge in [0.25, 0.3) is 0 Å². The molecule has 1 atom stereocenters. The minimum Gasteiger partial charge on any atom is -0.493 e. The van der Waals surface area contributed by atoms with Crippen LogP contribution < -0.4 is 4.74 Å². The maximum Gasteiger partial charge on any atom is 0.141 e. The van der Waals surface area contributed by atoms with Crippen LogP contribution >= 0.6 is 15.9 Å². The van der Waals surface area contributed by atoms with E-state index < -0.39 is 0 Å². The van der Waals surface area contributed by atoms with Crippen molar-refractivity contribution < 1.29 is 13.9 Å². The Hall–Kier alpha value is -0.900. The highest BCUT2D eigenvalue weighted by molar-refractivity contribution is 9.10. The number of Topliss-reactive ketones (excluding diaryl/α,β-unsaturated/α-hetero) is 1. The predicted octanol–water partition coefficient (Wildman–Crippen LogP) is 3.73. The highest BCUT2D eigenvalue weighted by atomic mass is 79.9. The van der Waals surface area contributed by atoms with E-state index in [2.05, 4.69) is 15.9 Å². The molecule has 17 heavy (non-hydrogen) atoms. The lowest BCUT2D eigenvalue weighted by molar-refractivity contribution is -0.121. The fraction of sp³-hybridized carbons (Fsp3) is 0.462.